The highest BCUT2D eigenvalue weighted by Crippen LogP contribution is 2.35. The predicted octanol–water partition coefficient (Wildman–Crippen LogP) is 1.93. The van der Waals surface area contributed by atoms with Crippen molar-refractivity contribution in [2.45, 2.75) is 44.8 Å². The second kappa shape index (κ2) is 5.82. The molecule has 0 amide bonds. The summed E-state index contributed by atoms with van der Waals surface area (Å²) in [5.41, 5.74) is 0. The van der Waals surface area contributed by atoms with Crippen LogP contribution < -0.4 is 4.90 Å². The van der Waals surface area contributed by atoms with Gasteiger partial charge in [-0.2, -0.15) is 0 Å². The largest absolute Gasteiger partial charge is 0.376 e. The van der Waals surface area contributed by atoms with Gasteiger partial charge in [-0.25, -0.2) is 0 Å². The van der Waals surface area contributed by atoms with Gasteiger partial charge in [-0.1, -0.05) is 11.3 Å². The maximum atomic E-state index is 6.20. The molecule has 116 valence electrons. The molecule has 3 fully saturated rings. The fourth-order valence-electron chi connectivity index (χ4n) is 4.14. The Hall–Kier alpha value is -0.720. The highest BCUT2D eigenvalue weighted by molar-refractivity contribution is 7.15. The summed E-state index contributed by atoms with van der Waals surface area (Å²) < 4.78 is 6.20. The van der Waals surface area contributed by atoms with Crippen molar-refractivity contribution < 1.29 is 4.74 Å². The molecule has 0 aromatic carbocycles. The zero-order valence-electron chi connectivity index (χ0n) is 12.7. The number of anilines is 1. The van der Waals surface area contributed by atoms with Crippen molar-refractivity contribution in [3.63, 3.8) is 0 Å². The number of fused-ring (bicyclic) bond motifs is 1. The van der Waals surface area contributed by atoms with Crippen LogP contribution >= 0.6 is 11.3 Å². The molecule has 0 spiro atoms. The first-order valence-corrected chi connectivity index (χ1v) is 9.03. The van der Waals surface area contributed by atoms with Crippen molar-refractivity contribution in [1.82, 2.24) is 15.1 Å². The molecule has 6 heteroatoms. The third-order valence-corrected chi connectivity index (χ3v) is 6.03. The summed E-state index contributed by atoms with van der Waals surface area (Å²) in [5.74, 6) is 0.655. The van der Waals surface area contributed by atoms with E-state index in [1.54, 1.807) is 11.3 Å². The third kappa shape index (κ3) is 2.69. The lowest BCUT2D eigenvalue weighted by molar-refractivity contribution is -0.0790. The van der Waals surface area contributed by atoms with Crippen LogP contribution in [0.4, 0.5) is 5.13 Å². The number of aromatic nitrogens is 2. The maximum Gasteiger partial charge on any atom is 0.208 e. The van der Waals surface area contributed by atoms with Crippen molar-refractivity contribution in [3.8, 4) is 0 Å². The zero-order chi connectivity index (χ0) is 14.2. The first-order chi connectivity index (χ1) is 10.3. The number of aryl methyl sites for hydroxylation is 1. The number of hydrogen-bond acceptors (Lipinski definition) is 6. The molecule has 0 N–H and O–H groups in total. The minimum absolute atomic E-state index is 0.433. The lowest BCUT2D eigenvalue weighted by Crippen LogP contribution is -2.60. The van der Waals surface area contributed by atoms with Gasteiger partial charge in [0.2, 0.25) is 5.13 Å². The standard InChI is InChI=1S/C15H24N4OS/c1-11-16-17-15(21-11)19-9-12-5-4-8-20-14(12)13(10-19)18-6-2-3-7-18/h12-14H,2-10H2,1H3/t12-,13-,14-/m1/s1. The molecule has 1 aromatic rings. The molecule has 4 rings (SSSR count). The summed E-state index contributed by atoms with van der Waals surface area (Å²) in [7, 11) is 0. The van der Waals surface area contributed by atoms with Crippen LogP contribution in [0.3, 0.4) is 0 Å². The molecule has 4 heterocycles. The van der Waals surface area contributed by atoms with E-state index in [-0.39, 0.29) is 0 Å². The fourth-order valence-corrected chi connectivity index (χ4v) is 4.85. The average molecular weight is 308 g/mol. The molecule has 0 radical (unpaired) electrons. The van der Waals surface area contributed by atoms with Crippen molar-refractivity contribution in [3.05, 3.63) is 5.01 Å². The van der Waals surface area contributed by atoms with Gasteiger partial charge in [0, 0.05) is 25.6 Å². The van der Waals surface area contributed by atoms with E-state index in [1.165, 1.54) is 38.8 Å². The Kier molecular flexibility index (Phi) is 3.85. The van der Waals surface area contributed by atoms with E-state index in [0.29, 0.717) is 18.1 Å². The number of hydrogen-bond donors (Lipinski definition) is 0. The lowest BCUT2D eigenvalue weighted by atomic mass is 9.85. The van der Waals surface area contributed by atoms with E-state index in [2.05, 4.69) is 20.0 Å². The van der Waals surface area contributed by atoms with Crippen LogP contribution in [0.5, 0.6) is 0 Å². The van der Waals surface area contributed by atoms with Gasteiger partial charge in [0.05, 0.1) is 12.1 Å². The van der Waals surface area contributed by atoms with E-state index >= 15 is 0 Å². The SMILES string of the molecule is Cc1nnc(N2C[C@H]3CCCO[C@H]3[C@H](N3CCCC3)C2)s1. The van der Waals surface area contributed by atoms with Crippen LogP contribution in [0, 0.1) is 12.8 Å². The van der Waals surface area contributed by atoms with Gasteiger partial charge in [0.15, 0.2) is 0 Å². The molecule has 0 saturated carbocycles. The normalized spacial score (nSPS) is 34.1. The molecule has 5 nitrogen and oxygen atoms in total. The average Bonchev–Trinajstić information content (AvgIpc) is 3.17. The van der Waals surface area contributed by atoms with Crippen LogP contribution in [0.25, 0.3) is 0 Å². The molecule has 21 heavy (non-hydrogen) atoms. The molecular formula is C15H24N4OS. The van der Waals surface area contributed by atoms with E-state index < -0.39 is 0 Å². The topological polar surface area (TPSA) is 41.5 Å². The molecule has 3 aliphatic rings. The minimum Gasteiger partial charge on any atom is -0.376 e. The van der Waals surface area contributed by atoms with Crippen molar-refractivity contribution in [2.75, 3.05) is 37.7 Å². The zero-order valence-corrected chi connectivity index (χ0v) is 13.5. The van der Waals surface area contributed by atoms with Gasteiger partial charge in [0.25, 0.3) is 0 Å². The van der Waals surface area contributed by atoms with Crippen molar-refractivity contribution >= 4 is 16.5 Å². The first-order valence-electron chi connectivity index (χ1n) is 8.22. The second-order valence-electron chi connectivity index (χ2n) is 6.56. The lowest BCUT2D eigenvalue weighted by Gasteiger charge is -2.48. The number of piperidine rings is 1. The molecule has 3 saturated heterocycles. The molecular weight excluding hydrogens is 284 g/mol. The Labute approximate surface area is 130 Å². The summed E-state index contributed by atoms with van der Waals surface area (Å²) in [4.78, 5) is 5.12. The smallest absolute Gasteiger partial charge is 0.208 e. The van der Waals surface area contributed by atoms with Gasteiger partial charge in [0.1, 0.15) is 5.01 Å². The van der Waals surface area contributed by atoms with E-state index in [4.69, 9.17) is 4.74 Å². The van der Waals surface area contributed by atoms with Crippen LogP contribution in [0.15, 0.2) is 0 Å². The number of ether oxygens (including phenoxy) is 1. The monoisotopic (exact) mass is 308 g/mol. The highest BCUT2D eigenvalue weighted by atomic mass is 32.1. The number of likely N-dealkylation sites (tertiary alicyclic amines) is 1. The molecule has 0 unspecified atom stereocenters. The third-order valence-electron chi connectivity index (χ3n) is 5.13. The number of rotatable bonds is 2. The molecule has 0 aliphatic carbocycles. The van der Waals surface area contributed by atoms with Crippen molar-refractivity contribution in [2.24, 2.45) is 5.92 Å². The summed E-state index contributed by atoms with van der Waals surface area (Å²) in [6.45, 7) is 7.60. The second-order valence-corrected chi connectivity index (χ2v) is 7.72. The Morgan fingerprint density at radius 2 is 2.00 bits per heavy atom. The quantitative estimate of drug-likeness (QED) is 0.835. The highest BCUT2D eigenvalue weighted by Gasteiger charge is 2.43. The van der Waals surface area contributed by atoms with Gasteiger partial charge >= 0.3 is 0 Å². The summed E-state index contributed by atoms with van der Waals surface area (Å²) in [6.07, 6.45) is 5.61. The Morgan fingerprint density at radius 1 is 1.14 bits per heavy atom. The van der Waals surface area contributed by atoms with Crippen LogP contribution in [0.1, 0.15) is 30.7 Å². The van der Waals surface area contributed by atoms with E-state index in [1.807, 2.05) is 6.92 Å². The Morgan fingerprint density at radius 3 is 2.76 bits per heavy atom. The fraction of sp³-hybridized carbons (Fsp3) is 0.867. The van der Waals surface area contributed by atoms with Gasteiger partial charge in [-0.15, -0.1) is 10.2 Å². The molecule has 3 atom stereocenters. The summed E-state index contributed by atoms with van der Waals surface area (Å²) in [5, 5.41) is 10.7. The van der Waals surface area contributed by atoms with Gasteiger partial charge < -0.3 is 9.64 Å². The molecule has 3 aliphatic heterocycles. The predicted molar refractivity (Wildman–Crippen MR) is 83.9 cm³/mol. The number of nitrogens with zero attached hydrogens (tertiary/aromatic N) is 4. The van der Waals surface area contributed by atoms with Crippen LogP contribution in [-0.2, 0) is 4.74 Å². The maximum absolute atomic E-state index is 6.20. The van der Waals surface area contributed by atoms with E-state index in [0.717, 1.165) is 29.8 Å². The minimum atomic E-state index is 0.433. The van der Waals surface area contributed by atoms with Gasteiger partial charge in [-0.05, 0) is 45.7 Å². The van der Waals surface area contributed by atoms with Crippen LogP contribution in [-0.4, -0.2) is 60.0 Å². The Bertz CT molecular complexity index is 488. The van der Waals surface area contributed by atoms with E-state index in [9.17, 15) is 0 Å². The van der Waals surface area contributed by atoms with Crippen molar-refractivity contribution in [1.29, 1.82) is 0 Å². The molecule has 0 bridgehead atoms. The first kappa shape index (κ1) is 13.9. The summed E-state index contributed by atoms with van der Waals surface area (Å²) >= 11 is 1.72. The Balaban J connectivity index is 1.57. The summed E-state index contributed by atoms with van der Waals surface area (Å²) in [6, 6.07) is 0.538. The van der Waals surface area contributed by atoms with Crippen LogP contribution in [0.2, 0.25) is 0 Å². The van der Waals surface area contributed by atoms with Gasteiger partial charge in [-0.3, -0.25) is 4.90 Å². The molecule has 1 aromatic heterocycles.